The maximum absolute atomic E-state index is 13.2. The molecular formula is C17H21N7O2S. The summed E-state index contributed by atoms with van der Waals surface area (Å²) in [7, 11) is -3.76. The largest absolute Gasteiger partial charge is 0.335 e. The van der Waals surface area contributed by atoms with E-state index in [1.807, 2.05) is 13.0 Å². The minimum atomic E-state index is -3.76. The van der Waals surface area contributed by atoms with Crippen molar-refractivity contribution in [1.82, 2.24) is 14.9 Å². The van der Waals surface area contributed by atoms with Gasteiger partial charge in [0, 0.05) is 13.0 Å². The zero-order valence-electron chi connectivity index (χ0n) is 14.8. The molecular weight excluding hydrogens is 366 g/mol. The fourth-order valence-electron chi connectivity index (χ4n) is 2.61. The number of hydrogen-bond donors (Lipinski definition) is 3. The normalized spacial score (nSPS) is 11.3. The molecule has 0 saturated carbocycles. The monoisotopic (exact) mass is 387 g/mol. The molecule has 10 heteroatoms. The third kappa shape index (κ3) is 3.86. The number of anilines is 2. The average molecular weight is 387 g/mol. The molecule has 0 atom stereocenters. The molecule has 0 aliphatic rings. The summed E-state index contributed by atoms with van der Waals surface area (Å²) in [6.45, 7) is 2.04. The highest BCUT2D eigenvalue weighted by molar-refractivity contribution is 7.92. The molecule has 142 valence electrons. The van der Waals surface area contributed by atoms with Gasteiger partial charge in [-0.15, -0.1) is 10.2 Å². The first-order chi connectivity index (χ1) is 12.9. The lowest BCUT2D eigenvalue weighted by Crippen LogP contribution is -2.34. The molecule has 3 aromatic rings. The number of para-hydroxylation sites is 1. The van der Waals surface area contributed by atoms with Gasteiger partial charge in [-0.3, -0.25) is 9.73 Å². The highest BCUT2D eigenvalue weighted by atomic mass is 32.2. The average Bonchev–Trinajstić information content (AvgIpc) is 3.03. The summed E-state index contributed by atoms with van der Waals surface area (Å²) >= 11 is 0. The van der Waals surface area contributed by atoms with E-state index in [9.17, 15) is 8.42 Å². The molecule has 0 saturated heterocycles. The Morgan fingerprint density at radius 2 is 1.74 bits per heavy atom. The second kappa shape index (κ2) is 7.64. The molecule has 0 radical (unpaired) electrons. The van der Waals surface area contributed by atoms with Crippen LogP contribution >= 0.6 is 0 Å². The zero-order valence-corrected chi connectivity index (χ0v) is 15.6. The van der Waals surface area contributed by atoms with Crippen molar-refractivity contribution in [2.45, 2.75) is 18.2 Å². The van der Waals surface area contributed by atoms with Crippen molar-refractivity contribution in [3.05, 3.63) is 66.0 Å². The van der Waals surface area contributed by atoms with E-state index in [0.29, 0.717) is 11.5 Å². The number of nitrogens with two attached hydrogens (primary N) is 2. The Balaban J connectivity index is 1.94. The van der Waals surface area contributed by atoms with Gasteiger partial charge >= 0.3 is 0 Å². The maximum atomic E-state index is 13.2. The minimum absolute atomic E-state index is 0.139. The van der Waals surface area contributed by atoms with Gasteiger partial charge in [0.25, 0.3) is 16.0 Å². The van der Waals surface area contributed by atoms with Crippen molar-refractivity contribution in [1.29, 1.82) is 0 Å². The van der Waals surface area contributed by atoms with Crippen LogP contribution in [0.15, 0.2) is 59.5 Å². The van der Waals surface area contributed by atoms with Crippen molar-refractivity contribution in [2.24, 2.45) is 5.84 Å². The minimum Gasteiger partial charge on any atom is -0.335 e. The molecule has 1 aromatic heterocycles. The predicted octanol–water partition coefficient (Wildman–Crippen LogP) is 1.02. The molecule has 0 spiro atoms. The van der Waals surface area contributed by atoms with Crippen molar-refractivity contribution in [2.75, 3.05) is 22.1 Å². The number of rotatable bonds is 7. The summed E-state index contributed by atoms with van der Waals surface area (Å²) in [6.07, 6.45) is 0.255. The van der Waals surface area contributed by atoms with Gasteiger partial charge in [0.05, 0.1) is 10.6 Å². The lowest BCUT2D eigenvalue weighted by atomic mass is 10.2. The van der Waals surface area contributed by atoms with Crippen molar-refractivity contribution in [3.8, 4) is 0 Å². The first-order valence-electron chi connectivity index (χ1n) is 8.24. The van der Waals surface area contributed by atoms with Crippen molar-refractivity contribution < 1.29 is 8.42 Å². The fraction of sp³-hybridized carbons (Fsp3) is 0.176. The van der Waals surface area contributed by atoms with Crippen LogP contribution in [-0.2, 0) is 16.4 Å². The smallest absolute Gasteiger partial charge is 0.264 e. The van der Waals surface area contributed by atoms with Crippen LogP contribution in [0.1, 0.15) is 11.4 Å². The van der Waals surface area contributed by atoms with Gasteiger partial charge in [-0.25, -0.2) is 18.9 Å². The first-order valence-corrected chi connectivity index (χ1v) is 9.68. The number of nitrogen functional groups attached to an aromatic ring is 2. The second-order valence-electron chi connectivity index (χ2n) is 5.93. The SMILES string of the molecule is Cc1ccc(S(=O)(=O)N(CCc2nnc(NN)n2N)c2ccccc2)cc1. The van der Waals surface area contributed by atoms with Crippen LogP contribution in [-0.4, -0.2) is 29.8 Å². The number of hydrazine groups is 1. The quantitative estimate of drug-likeness (QED) is 0.407. The van der Waals surface area contributed by atoms with Crippen LogP contribution in [0.4, 0.5) is 11.6 Å². The Bertz CT molecular complexity index is 1000. The highest BCUT2D eigenvalue weighted by Gasteiger charge is 2.25. The number of nitrogens with one attached hydrogen (secondary N) is 1. The van der Waals surface area contributed by atoms with E-state index >= 15 is 0 Å². The van der Waals surface area contributed by atoms with E-state index in [2.05, 4.69) is 15.6 Å². The molecule has 9 nitrogen and oxygen atoms in total. The molecule has 2 aromatic carbocycles. The van der Waals surface area contributed by atoms with E-state index in [4.69, 9.17) is 11.7 Å². The zero-order chi connectivity index (χ0) is 19.4. The summed E-state index contributed by atoms with van der Waals surface area (Å²) in [5, 5.41) is 7.74. The third-order valence-electron chi connectivity index (χ3n) is 4.09. The molecule has 0 fully saturated rings. The molecule has 1 heterocycles. The topological polar surface area (TPSA) is 132 Å². The van der Waals surface area contributed by atoms with Crippen molar-refractivity contribution >= 4 is 21.7 Å². The number of sulfonamides is 1. The van der Waals surface area contributed by atoms with E-state index in [-0.39, 0.29) is 23.8 Å². The van der Waals surface area contributed by atoms with E-state index in [0.717, 1.165) is 5.56 Å². The molecule has 27 heavy (non-hydrogen) atoms. The molecule has 3 rings (SSSR count). The molecule has 0 aliphatic heterocycles. The Morgan fingerprint density at radius 3 is 2.33 bits per heavy atom. The van der Waals surface area contributed by atoms with Gasteiger partial charge in [0.2, 0.25) is 0 Å². The number of hydrogen-bond acceptors (Lipinski definition) is 7. The number of aryl methyl sites for hydroxylation is 1. The fourth-order valence-corrected chi connectivity index (χ4v) is 4.08. The summed E-state index contributed by atoms with van der Waals surface area (Å²) < 4.78 is 29.0. The summed E-state index contributed by atoms with van der Waals surface area (Å²) in [5.74, 6) is 11.8. The Kier molecular flexibility index (Phi) is 5.28. The maximum Gasteiger partial charge on any atom is 0.264 e. The second-order valence-corrected chi connectivity index (χ2v) is 7.79. The lowest BCUT2D eigenvalue weighted by Gasteiger charge is -2.24. The number of benzene rings is 2. The standard InChI is InChI=1S/C17H21N7O2S/c1-13-7-9-15(10-8-13)27(25,26)23(14-5-3-2-4-6-14)12-11-16-21-22-17(20-18)24(16)19/h2-10H,11-12,18-19H2,1H3,(H,20,22). The van der Waals surface area contributed by atoms with Gasteiger partial charge in [-0.1, -0.05) is 35.9 Å². The molecule has 0 unspecified atom stereocenters. The Labute approximate surface area is 157 Å². The van der Waals surface area contributed by atoms with Crippen LogP contribution in [0.2, 0.25) is 0 Å². The summed E-state index contributed by atoms with van der Waals surface area (Å²) in [6, 6.07) is 15.6. The Hall–Kier alpha value is -3.11. The van der Waals surface area contributed by atoms with Gasteiger partial charge < -0.3 is 5.84 Å². The van der Waals surface area contributed by atoms with Crippen LogP contribution in [0, 0.1) is 6.92 Å². The molecule has 5 N–H and O–H groups in total. The van der Waals surface area contributed by atoms with Crippen LogP contribution in [0.3, 0.4) is 0 Å². The van der Waals surface area contributed by atoms with E-state index in [1.165, 1.54) is 8.98 Å². The first kappa shape index (κ1) is 18.7. The van der Waals surface area contributed by atoms with Gasteiger partial charge in [-0.2, -0.15) is 0 Å². The third-order valence-corrected chi connectivity index (χ3v) is 5.93. The van der Waals surface area contributed by atoms with Crippen LogP contribution in [0.25, 0.3) is 0 Å². The van der Waals surface area contributed by atoms with Gasteiger partial charge in [-0.05, 0) is 31.2 Å². The lowest BCUT2D eigenvalue weighted by molar-refractivity contribution is 0.590. The van der Waals surface area contributed by atoms with Gasteiger partial charge in [0.1, 0.15) is 0 Å². The summed E-state index contributed by atoms with van der Waals surface area (Å²) in [4.78, 5) is 0.218. The van der Waals surface area contributed by atoms with Crippen LogP contribution in [0.5, 0.6) is 0 Å². The van der Waals surface area contributed by atoms with E-state index < -0.39 is 10.0 Å². The Morgan fingerprint density at radius 1 is 1.07 bits per heavy atom. The van der Waals surface area contributed by atoms with Crippen molar-refractivity contribution in [3.63, 3.8) is 0 Å². The molecule has 0 aliphatic carbocycles. The number of nitrogens with zero attached hydrogens (tertiary/aromatic N) is 4. The highest BCUT2D eigenvalue weighted by Crippen LogP contribution is 2.24. The van der Waals surface area contributed by atoms with E-state index in [1.54, 1.807) is 48.5 Å². The molecule has 0 amide bonds. The number of aromatic nitrogens is 3. The predicted molar refractivity (Wildman–Crippen MR) is 104 cm³/mol. The van der Waals surface area contributed by atoms with Gasteiger partial charge in [0.15, 0.2) is 5.82 Å². The summed E-state index contributed by atoms with van der Waals surface area (Å²) in [5.41, 5.74) is 3.87. The van der Waals surface area contributed by atoms with Crippen LogP contribution < -0.4 is 21.4 Å². The molecule has 0 bridgehead atoms.